The summed E-state index contributed by atoms with van der Waals surface area (Å²) in [7, 11) is 0. The van der Waals surface area contributed by atoms with E-state index in [-0.39, 0.29) is 18.4 Å². The van der Waals surface area contributed by atoms with Crippen molar-refractivity contribution in [3.63, 3.8) is 0 Å². The number of ether oxygens (including phenoxy) is 1. The zero-order valence-corrected chi connectivity index (χ0v) is 19.1. The van der Waals surface area contributed by atoms with Gasteiger partial charge in [-0.3, -0.25) is 9.59 Å². The molecule has 0 aliphatic carbocycles. The largest absolute Gasteiger partial charge is 0.483 e. The number of unbranched alkanes of at least 4 members (excludes halogenated alkanes) is 1. The molecule has 5 nitrogen and oxygen atoms in total. The molecular weight excluding hydrogens is 400 g/mol. The number of nitrogens with one attached hydrogen (secondary N) is 1. The van der Waals surface area contributed by atoms with Gasteiger partial charge >= 0.3 is 0 Å². The molecule has 0 aromatic heterocycles. The minimum atomic E-state index is -0.600. The van der Waals surface area contributed by atoms with E-state index < -0.39 is 6.04 Å². The van der Waals surface area contributed by atoms with Crippen molar-refractivity contribution >= 4 is 22.6 Å². The van der Waals surface area contributed by atoms with Crippen molar-refractivity contribution in [3.05, 3.63) is 77.9 Å². The fourth-order valence-corrected chi connectivity index (χ4v) is 3.55. The van der Waals surface area contributed by atoms with Crippen LogP contribution in [0.4, 0.5) is 0 Å². The van der Waals surface area contributed by atoms with Gasteiger partial charge in [0.15, 0.2) is 6.61 Å². The van der Waals surface area contributed by atoms with Gasteiger partial charge in [-0.05, 0) is 37.3 Å². The van der Waals surface area contributed by atoms with Crippen molar-refractivity contribution in [1.82, 2.24) is 10.2 Å². The third-order valence-corrected chi connectivity index (χ3v) is 5.57. The Labute approximate surface area is 190 Å². The number of hydrogen-bond donors (Lipinski definition) is 1. The smallest absolute Gasteiger partial charge is 0.261 e. The zero-order valence-electron chi connectivity index (χ0n) is 19.1. The number of hydrogen-bond acceptors (Lipinski definition) is 3. The molecule has 3 aromatic rings. The van der Waals surface area contributed by atoms with Crippen molar-refractivity contribution in [2.24, 2.45) is 0 Å². The van der Waals surface area contributed by atoms with E-state index in [1.165, 1.54) is 0 Å². The average molecular weight is 433 g/mol. The number of nitrogens with zero attached hydrogens (tertiary/aromatic N) is 1. The maximum atomic E-state index is 13.2. The van der Waals surface area contributed by atoms with E-state index in [9.17, 15) is 9.59 Å². The van der Waals surface area contributed by atoms with Gasteiger partial charge in [-0.1, -0.05) is 79.6 Å². The lowest BCUT2D eigenvalue weighted by Crippen LogP contribution is -2.49. The second-order valence-corrected chi connectivity index (χ2v) is 8.09. The fourth-order valence-electron chi connectivity index (χ4n) is 3.55. The first-order chi connectivity index (χ1) is 15.5. The molecule has 0 fully saturated rings. The molecule has 3 rings (SSSR count). The van der Waals surface area contributed by atoms with Crippen LogP contribution in [0.2, 0.25) is 0 Å². The quantitative estimate of drug-likeness (QED) is 0.466. The molecule has 168 valence electrons. The van der Waals surface area contributed by atoms with E-state index in [0.29, 0.717) is 18.8 Å². The lowest BCUT2D eigenvalue weighted by molar-refractivity contribution is -0.142. The van der Waals surface area contributed by atoms with E-state index in [1.54, 1.807) is 11.8 Å². The maximum Gasteiger partial charge on any atom is 0.261 e. The molecule has 2 amide bonds. The number of aryl methyl sites for hydroxylation is 1. The summed E-state index contributed by atoms with van der Waals surface area (Å²) in [6.45, 7) is 6.69. The predicted molar refractivity (Wildman–Crippen MR) is 129 cm³/mol. The lowest BCUT2D eigenvalue weighted by Gasteiger charge is -2.29. The number of amides is 2. The lowest BCUT2D eigenvalue weighted by atomic mass is 10.1. The molecule has 1 atom stereocenters. The fraction of sp³-hybridized carbons (Fsp3) is 0.333. The highest BCUT2D eigenvalue weighted by atomic mass is 16.5. The first-order valence-corrected chi connectivity index (χ1v) is 11.2. The SMILES string of the molecule is CCCCNC(=O)[C@H](C)N(Cc1ccc(C)cc1)C(=O)COc1cccc2ccccc12. The van der Waals surface area contributed by atoms with Gasteiger partial charge in [0, 0.05) is 18.5 Å². The van der Waals surface area contributed by atoms with Crippen molar-refractivity contribution in [2.75, 3.05) is 13.2 Å². The van der Waals surface area contributed by atoms with E-state index in [0.717, 1.165) is 34.7 Å². The molecule has 0 saturated carbocycles. The topological polar surface area (TPSA) is 58.6 Å². The summed E-state index contributed by atoms with van der Waals surface area (Å²) in [6, 6.07) is 21.1. The van der Waals surface area contributed by atoms with E-state index in [4.69, 9.17) is 4.74 Å². The molecule has 0 radical (unpaired) electrons. The van der Waals surface area contributed by atoms with Gasteiger partial charge in [-0.25, -0.2) is 0 Å². The third-order valence-electron chi connectivity index (χ3n) is 5.57. The number of carbonyl (C=O) groups excluding carboxylic acids is 2. The Bertz CT molecular complexity index is 1040. The van der Waals surface area contributed by atoms with Crippen molar-refractivity contribution in [2.45, 2.75) is 46.2 Å². The van der Waals surface area contributed by atoms with Gasteiger partial charge in [0.1, 0.15) is 11.8 Å². The van der Waals surface area contributed by atoms with E-state index in [2.05, 4.69) is 12.2 Å². The van der Waals surface area contributed by atoms with Crippen LogP contribution in [-0.2, 0) is 16.1 Å². The van der Waals surface area contributed by atoms with Crippen molar-refractivity contribution in [1.29, 1.82) is 0 Å². The molecule has 0 aliphatic rings. The highest BCUT2D eigenvalue weighted by molar-refractivity contribution is 5.90. The normalized spacial score (nSPS) is 11.7. The summed E-state index contributed by atoms with van der Waals surface area (Å²) in [5, 5.41) is 4.95. The van der Waals surface area contributed by atoms with Crippen LogP contribution in [0, 0.1) is 6.92 Å². The van der Waals surface area contributed by atoms with Crippen LogP contribution in [0.15, 0.2) is 66.7 Å². The minimum absolute atomic E-state index is 0.132. The van der Waals surface area contributed by atoms with E-state index in [1.807, 2.05) is 73.7 Å². The molecule has 1 N–H and O–H groups in total. The van der Waals surface area contributed by atoms with Gasteiger partial charge in [0.05, 0.1) is 0 Å². The molecule has 0 aliphatic heterocycles. The number of rotatable bonds is 10. The molecule has 5 heteroatoms. The van der Waals surface area contributed by atoms with Crippen LogP contribution in [0.25, 0.3) is 10.8 Å². The summed E-state index contributed by atoms with van der Waals surface area (Å²) in [5.74, 6) is 0.285. The Balaban J connectivity index is 1.75. The predicted octanol–water partition coefficient (Wildman–Crippen LogP) is 4.86. The molecule has 0 heterocycles. The molecule has 3 aromatic carbocycles. The van der Waals surface area contributed by atoms with Gasteiger partial charge < -0.3 is 15.0 Å². The average Bonchev–Trinajstić information content (AvgIpc) is 2.81. The second kappa shape index (κ2) is 11.3. The van der Waals surface area contributed by atoms with Crippen molar-refractivity contribution < 1.29 is 14.3 Å². The maximum absolute atomic E-state index is 13.2. The van der Waals surface area contributed by atoms with Crippen LogP contribution >= 0.6 is 0 Å². The van der Waals surface area contributed by atoms with Crippen LogP contribution in [-0.4, -0.2) is 35.9 Å². The first kappa shape index (κ1) is 23.3. The summed E-state index contributed by atoms with van der Waals surface area (Å²) in [4.78, 5) is 27.5. The minimum Gasteiger partial charge on any atom is -0.483 e. The molecule has 0 unspecified atom stereocenters. The van der Waals surface area contributed by atoms with E-state index >= 15 is 0 Å². The Morgan fingerprint density at radius 3 is 2.47 bits per heavy atom. The summed E-state index contributed by atoms with van der Waals surface area (Å²) in [5.41, 5.74) is 2.12. The van der Waals surface area contributed by atoms with Gasteiger partial charge in [0.25, 0.3) is 5.91 Å². The summed E-state index contributed by atoms with van der Waals surface area (Å²) < 4.78 is 5.92. The Morgan fingerprint density at radius 1 is 1.00 bits per heavy atom. The molecule has 32 heavy (non-hydrogen) atoms. The van der Waals surface area contributed by atoms with Crippen LogP contribution < -0.4 is 10.1 Å². The summed E-state index contributed by atoms with van der Waals surface area (Å²) in [6.07, 6.45) is 1.91. The molecule has 0 bridgehead atoms. The third kappa shape index (κ3) is 6.10. The van der Waals surface area contributed by atoms with Gasteiger partial charge in [-0.2, -0.15) is 0 Å². The summed E-state index contributed by atoms with van der Waals surface area (Å²) >= 11 is 0. The van der Waals surface area contributed by atoms with Gasteiger partial charge in [-0.15, -0.1) is 0 Å². The highest BCUT2D eigenvalue weighted by Crippen LogP contribution is 2.25. The van der Waals surface area contributed by atoms with Crippen LogP contribution in [0.1, 0.15) is 37.8 Å². The standard InChI is InChI=1S/C27H32N2O3/c1-4-5-17-28-27(31)21(3)29(18-22-15-13-20(2)14-16-22)26(30)19-32-25-12-8-10-23-9-6-7-11-24(23)25/h6-16,21H,4-5,17-19H2,1-3H3,(H,28,31)/t21-/m0/s1. The molecular formula is C27H32N2O3. The first-order valence-electron chi connectivity index (χ1n) is 11.2. The molecule has 0 saturated heterocycles. The zero-order chi connectivity index (χ0) is 22.9. The Kier molecular flexibility index (Phi) is 8.26. The number of fused-ring (bicyclic) bond motifs is 1. The second-order valence-electron chi connectivity index (χ2n) is 8.09. The Hall–Kier alpha value is -3.34. The van der Waals surface area contributed by atoms with Crippen molar-refractivity contribution in [3.8, 4) is 5.75 Å². The van der Waals surface area contributed by atoms with Gasteiger partial charge in [0.2, 0.25) is 5.91 Å². The highest BCUT2D eigenvalue weighted by Gasteiger charge is 2.26. The van der Waals surface area contributed by atoms with Crippen LogP contribution in [0.5, 0.6) is 5.75 Å². The number of carbonyl (C=O) groups is 2. The molecule has 0 spiro atoms. The monoisotopic (exact) mass is 432 g/mol. The Morgan fingerprint density at radius 2 is 1.72 bits per heavy atom. The van der Waals surface area contributed by atoms with Crippen LogP contribution in [0.3, 0.4) is 0 Å². The number of benzene rings is 3.